The molecule has 5 heteroatoms. The molecular weight excluding hydrogens is 164 g/mol. The summed E-state index contributed by atoms with van der Waals surface area (Å²) in [6.45, 7) is 6.30. The first kappa shape index (κ1) is 10.7. The van der Waals surface area contributed by atoms with E-state index in [-0.39, 0.29) is 0 Å². The summed E-state index contributed by atoms with van der Waals surface area (Å²) in [7, 11) is 0. The Bertz CT molecular complexity index is 159. The van der Waals surface area contributed by atoms with Gasteiger partial charge in [-0.1, -0.05) is 13.2 Å². The van der Waals surface area contributed by atoms with Crippen molar-refractivity contribution in [3.05, 3.63) is 25.3 Å². The Labute approximate surface area is 69.5 Å². The second kappa shape index (κ2) is 5.34. The number of hydrogen-bond acceptors (Lipinski definition) is 5. The third-order valence-corrected chi connectivity index (χ3v) is 0.837. The van der Waals surface area contributed by atoms with Crippen LogP contribution in [0.5, 0.6) is 0 Å². The first-order valence-corrected chi connectivity index (χ1v) is 3.08. The van der Waals surface area contributed by atoms with Crippen molar-refractivity contribution in [2.24, 2.45) is 0 Å². The molecule has 0 saturated carbocycles. The largest absolute Gasteiger partial charge is 0.513 e. The van der Waals surface area contributed by atoms with E-state index in [0.717, 1.165) is 12.2 Å². The lowest BCUT2D eigenvalue weighted by molar-refractivity contribution is -0.0935. The molecule has 0 aromatic rings. The molecule has 0 radical (unpaired) electrons. The van der Waals surface area contributed by atoms with Crippen molar-refractivity contribution in [1.29, 1.82) is 0 Å². The van der Waals surface area contributed by atoms with Gasteiger partial charge in [0, 0.05) is 0 Å². The number of aliphatic hydroxyl groups excluding tert-OH is 2. The Morgan fingerprint density at radius 1 is 1.17 bits per heavy atom. The van der Waals surface area contributed by atoms with Gasteiger partial charge < -0.3 is 19.7 Å². The van der Waals surface area contributed by atoms with Gasteiger partial charge in [0.25, 0.3) is 0 Å². The number of carbonyl (C=O) groups excluding carboxylic acids is 1. The van der Waals surface area contributed by atoms with Gasteiger partial charge in [-0.2, -0.15) is 0 Å². The molecule has 2 unspecified atom stereocenters. The van der Waals surface area contributed by atoms with Gasteiger partial charge in [-0.15, -0.1) is 0 Å². The summed E-state index contributed by atoms with van der Waals surface area (Å²) in [5.41, 5.74) is 0. The third-order valence-electron chi connectivity index (χ3n) is 0.837. The van der Waals surface area contributed by atoms with Gasteiger partial charge in [-0.05, 0) is 12.2 Å². The fraction of sp³-hybridized carbons (Fsp3) is 0.286. The Hall–Kier alpha value is -1.33. The van der Waals surface area contributed by atoms with Crippen molar-refractivity contribution in [1.82, 2.24) is 0 Å². The zero-order valence-corrected chi connectivity index (χ0v) is 6.34. The van der Waals surface area contributed by atoms with E-state index in [1.54, 1.807) is 0 Å². The fourth-order valence-electron chi connectivity index (χ4n) is 0.321. The quantitative estimate of drug-likeness (QED) is 0.360. The normalized spacial score (nSPS) is 14.2. The van der Waals surface area contributed by atoms with Crippen LogP contribution in [0, 0.1) is 0 Å². The zero-order valence-electron chi connectivity index (χ0n) is 6.34. The lowest BCUT2D eigenvalue weighted by atomic mass is 10.6. The first-order chi connectivity index (χ1) is 5.60. The molecule has 0 aromatic heterocycles. The zero-order chi connectivity index (χ0) is 9.56. The van der Waals surface area contributed by atoms with Crippen LogP contribution in [0.3, 0.4) is 0 Å². The molecule has 0 rings (SSSR count). The summed E-state index contributed by atoms with van der Waals surface area (Å²) in [4.78, 5) is 10.5. The highest BCUT2D eigenvalue weighted by molar-refractivity contribution is 5.60. The van der Waals surface area contributed by atoms with Gasteiger partial charge in [0.2, 0.25) is 12.6 Å². The molecule has 68 valence electrons. The smallest absolute Gasteiger partial charge is 0.401 e. The molecule has 0 saturated heterocycles. The number of hydrogen-bond donors (Lipinski definition) is 2. The maximum absolute atomic E-state index is 10.5. The second-order valence-electron chi connectivity index (χ2n) is 1.74. The predicted octanol–water partition coefficient (Wildman–Crippen LogP) is 0.148. The van der Waals surface area contributed by atoms with Crippen LogP contribution in [0.2, 0.25) is 0 Å². The molecule has 0 aromatic carbocycles. The Kier molecular flexibility index (Phi) is 4.75. The van der Waals surface area contributed by atoms with Gasteiger partial charge in [0.1, 0.15) is 0 Å². The van der Waals surface area contributed by atoms with E-state index in [9.17, 15) is 4.79 Å². The summed E-state index contributed by atoms with van der Waals surface area (Å²) < 4.78 is 8.28. The topological polar surface area (TPSA) is 76.0 Å². The molecule has 0 heterocycles. The molecule has 2 atom stereocenters. The second-order valence-corrected chi connectivity index (χ2v) is 1.74. The summed E-state index contributed by atoms with van der Waals surface area (Å²) in [6, 6.07) is 0. The van der Waals surface area contributed by atoms with E-state index in [1.807, 2.05) is 0 Å². The average molecular weight is 174 g/mol. The van der Waals surface area contributed by atoms with Gasteiger partial charge in [-0.3, -0.25) is 0 Å². The minimum atomic E-state index is -1.44. The van der Waals surface area contributed by atoms with Crippen LogP contribution in [-0.2, 0) is 9.47 Å². The number of carbonyl (C=O) groups is 1. The maximum atomic E-state index is 10.5. The Morgan fingerprint density at radius 3 is 1.75 bits per heavy atom. The third kappa shape index (κ3) is 4.48. The highest BCUT2D eigenvalue weighted by Crippen LogP contribution is 1.96. The maximum Gasteiger partial charge on any atom is 0.513 e. The number of aliphatic hydroxyl groups is 2. The van der Waals surface area contributed by atoms with Crippen LogP contribution in [0.15, 0.2) is 25.3 Å². The molecule has 0 aliphatic heterocycles. The number of rotatable bonds is 4. The molecule has 12 heavy (non-hydrogen) atoms. The highest BCUT2D eigenvalue weighted by Gasteiger charge is 2.11. The number of ether oxygens (including phenoxy) is 2. The molecule has 2 N–H and O–H groups in total. The van der Waals surface area contributed by atoms with E-state index < -0.39 is 18.7 Å². The van der Waals surface area contributed by atoms with E-state index in [4.69, 9.17) is 10.2 Å². The summed E-state index contributed by atoms with van der Waals surface area (Å²) in [5.74, 6) is 0. The van der Waals surface area contributed by atoms with Crippen molar-refractivity contribution in [3.63, 3.8) is 0 Å². The van der Waals surface area contributed by atoms with Gasteiger partial charge in [0.05, 0.1) is 0 Å². The molecule has 0 aliphatic carbocycles. The molecule has 0 spiro atoms. The van der Waals surface area contributed by atoms with Crippen molar-refractivity contribution in [3.8, 4) is 0 Å². The van der Waals surface area contributed by atoms with Crippen molar-refractivity contribution >= 4 is 6.16 Å². The molecular formula is C7H10O5. The van der Waals surface area contributed by atoms with Crippen LogP contribution in [-0.4, -0.2) is 28.9 Å². The fourth-order valence-corrected chi connectivity index (χ4v) is 0.321. The average Bonchev–Trinajstić information content (AvgIpc) is 2.03. The minimum absolute atomic E-state index is 0.988. The highest BCUT2D eigenvalue weighted by atomic mass is 16.8. The predicted molar refractivity (Wildman–Crippen MR) is 40.0 cm³/mol. The van der Waals surface area contributed by atoms with Crippen molar-refractivity contribution in [2.45, 2.75) is 12.6 Å². The lowest BCUT2D eigenvalue weighted by Gasteiger charge is -2.09. The molecule has 5 nitrogen and oxygen atoms in total. The van der Waals surface area contributed by atoms with E-state index in [2.05, 4.69) is 22.6 Å². The van der Waals surface area contributed by atoms with Crippen LogP contribution in [0.1, 0.15) is 0 Å². The summed E-state index contributed by atoms with van der Waals surface area (Å²) >= 11 is 0. The lowest BCUT2D eigenvalue weighted by Crippen LogP contribution is -2.20. The molecule has 0 amide bonds. The standard InChI is InChI=1S/C7H10O5/c1-3-5(8)11-7(10)12-6(9)4-2/h3-6,8-9H,1-2H2. The molecule has 0 fully saturated rings. The van der Waals surface area contributed by atoms with Crippen LogP contribution < -0.4 is 0 Å². The van der Waals surface area contributed by atoms with E-state index in [1.165, 1.54) is 0 Å². The SMILES string of the molecule is C=CC(O)OC(=O)OC(O)C=C. The van der Waals surface area contributed by atoms with Crippen molar-refractivity contribution < 1.29 is 24.5 Å². The van der Waals surface area contributed by atoms with Crippen molar-refractivity contribution in [2.75, 3.05) is 0 Å². The van der Waals surface area contributed by atoms with E-state index >= 15 is 0 Å². The summed E-state index contributed by atoms with van der Waals surface area (Å²) in [6.07, 6.45) is -2.10. The Morgan fingerprint density at radius 2 is 1.50 bits per heavy atom. The van der Waals surface area contributed by atoms with Gasteiger partial charge >= 0.3 is 6.16 Å². The van der Waals surface area contributed by atoms with Crippen LogP contribution in [0.25, 0.3) is 0 Å². The minimum Gasteiger partial charge on any atom is -0.401 e. The Balaban J connectivity index is 3.73. The van der Waals surface area contributed by atoms with Crippen LogP contribution in [0.4, 0.5) is 4.79 Å². The van der Waals surface area contributed by atoms with Gasteiger partial charge in [-0.25, -0.2) is 4.79 Å². The monoisotopic (exact) mass is 174 g/mol. The van der Waals surface area contributed by atoms with E-state index in [0.29, 0.717) is 0 Å². The molecule has 0 bridgehead atoms. The van der Waals surface area contributed by atoms with Crippen LogP contribution >= 0.6 is 0 Å². The van der Waals surface area contributed by atoms with Gasteiger partial charge in [0.15, 0.2) is 0 Å². The molecule has 0 aliphatic rings. The summed E-state index contributed by atoms with van der Waals surface area (Å²) in [5, 5.41) is 17.3. The first-order valence-electron chi connectivity index (χ1n) is 3.08.